The van der Waals surface area contributed by atoms with Crippen LogP contribution in [0.3, 0.4) is 0 Å². The number of nitrogens with zero attached hydrogens (tertiary/aromatic N) is 3. The quantitative estimate of drug-likeness (QED) is 0.579. The molecule has 0 aliphatic carbocycles. The van der Waals surface area contributed by atoms with Crippen LogP contribution >= 0.6 is 0 Å². The molecule has 3 N–H and O–H groups in total. The number of aromatic nitrogens is 3. The molecule has 0 saturated carbocycles. The number of hydrogen-bond donors (Lipinski definition) is 3. The second kappa shape index (κ2) is 5.43. The zero-order valence-electron chi connectivity index (χ0n) is 11.0. The minimum Gasteiger partial charge on any atom is -0.504 e. The smallest absolute Gasteiger partial charge is 0.364 e. The van der Waals surface area contributed by atoms with Crippen LogP contribution < -0.4 is 5.69 Å². The lowest BCUT2D eigenvalue weighted by molar-refractivity contribution is 0.403. The summed E-state index contributed by atoms with van der Waals surface area (Å²) in [5, 5.41) is 28.8. The van der Waals surface area contributed by atoms with Crippen LogP contribution in [0.1, 0.15) is 25.2 Å². The average Bonchev–Trinajstić information content (AvgIpc) is 2.71. The second-order valence-corrected chi connectivity index (χ2v) is 4.41. The van der Waals surface area contributed by atoms with E-state index < -0.39 is 5.69 Å². The first-order valence-electron chi connectivity index (χ1n) is 5.86. The molecule has 0 bridgehead atoms. The molecular formula is C13H14N4O3. The normalized spacial score (nSPS) is 10.9. The fourth-order valence-electron chi connectivity index (χ4n) is 1.51. The molecule has 0 unspecified atom stereocenters. The summed E-state index contributed by atoms with van der Waals surface area (Å²) in [5.74, 6) is -0.0832. The van der Waals surface area contributed by atoms with Crippen LogP contribution in [0.5, 0.6) is 11.5 Å². The van der Waals surface area contributed by atoms with E-state index in [2.05, 4.69) is 15.3 Å². The highest BCUT2D eigenvalue weighted by Crippen LogP contribution is 2.23. The monoisotopic (exact) mass is 274 g/mol. The van der Waals surface area contributed by atoms with Gasteiger partial charge in [-0.15, -0.1) is 0 Å². The Morgan fingerprint density at radius 1 is 1.35 bits per heavy atom. The third-order valence-electron chi connectivity index (χ3n) is 2.41. The first kappa shape index (κ1) is 13.6. The third kappa shape index (κ3) is 2.94. The number of phenols is 2. The molecule has 0 aliphatic rings. The number of aromatic amines is 1. The molecule has 2 rings (SSSR count). The van der Waals surface area contributed by atoms with Crippen molar-refractivity contribution in [3.05, 3.63) is 45.6 Å². The van der Waals surface area contributed by atoms with Gasteiger partial charge in [0.15, 0.2) is 17.3 Å². The van der Waals surface area contributed by atoms with Crippen molar-refractivity contribution in [1.29, 1.82) is 0 Å². The largest absolute Gasteiger partial charge is 0.504 e. The number of aromatic hydroxyl groups is 2. The van der Waals surface area contributed by atoms with E-state index in [1.165, 1.54) is 18.3 Å². The van der Waals surface area contributed by atoms with Crippen LogP contribution in [-0.2, 0) is 0 Å². The summed E-state index contributed by atoms with van der Waals surface area (Å²) in [6, 6.07) is 4.24. The predicted octanol–water partition coefficient (Wildman–Crippen LogP) is 1.29. The Morgan fingerprint density at radius 2 is 2.10 bits per heavy atom. The van der Waals surface area contributed by atoms with E-state index >= 15 is 0 Å². The van der Waals surface area contributed by atoms with Gasteiger partial charge < -0.3 is 10.2 Å². The highest BCUT2D eigenvalue weighted by atomic mass is 16.3. The average molecular weight is 274 g/mol. The molecular weight excluding hydrogens is 260 g/mol. The minimum absolute atomic E-state index is 0.215. The standard InChI is InChI=1S/C13H14N4O3/c1-8(2)5-12-15-16-13(20)17(12)14-7-9-3-4-10(18)11(19)6-9/h3-7,18-19H,1-2H3,(H,16,20)/b14-7+. The Balaban J connectivity index is 2.36. The molecule has 0 atom stereocenters. The fourth-order valence-corrected chi connectivity index (χ4v) is 1.51. The van der Waals surface area contributed by atoms with Gasteiger partial charge in [-0.2, -0.15) is 14.9 Å². The zero-order chi connectivity index (χ0) is 14.7. The number of allylic oxidation sites excluding steroid dienone is 1. The highest BCUT2D eigenvalue weighted by Gasteiger charge is 2.04. The highest BCUT2D eigenvalue weighted by molar-refractivity contribution is 5.80. The van der Waals surface area contributed by atoms with Gasteiger partial charge in [-0.25, -0.2) is 9.89 Å². The minimum atomic E-state index is -0.461. The molecule has 2 aromatic rings. The van der Waals surface area contributed by atoms with Crippen molar-refractivity contribution in [3.8, 4) is 11.5 Å². The van der Waals surface area contributed by atoms with Gasteiger partial charge in [0.25, 0.3) is 0 Å². The van der Waals surface area contributed by atoms with Crippen molar-refractivity contribution >= 4 is 12.3 Å². The molecule has 0 spiro atoms. The Labute approximate surface area is 114 Å². The van der Waals surface area contributed by atoms with E-state index in [0.29, 0.717) is 11.4 Å². The summed E-state index contributed by atoms with van der Waals surface area (Å²) in [5.41, 5.74) is 1.05. The maximum Gasteiger partial charge on any atom is 0.364 e. The van der Waals surface area contributed by atoms with Gasteiger partial charge in [0.1, 0.15) is 0 Å². The third-order valence-corrected chi connectivity index (χ3v) is 2.41. The summed E-state index contributed by atoms with van der Waals surface area (Å²) < 4.78 is 1.11. The lowest BCUT2D eigenvalue weighted by atomic mass is 10.2. The number of rotatable bonds is 3. The summed E-state index contributed by atoms with van der Waals surface area (Å²) in [6.07, 6.45) is 3.10. The number of benzene rings is 1. The van der Waals surface area contributed by atoms with E-state index in [1.807, 2.05) is 13.8 Å². The van der Waals surface area contributed by atoms with E-state index in [0.717, 1.165) is 10.2 Å². The first-order chi connectivity index (χ1) is 9.47. The van der Waals surface area contributed by atoms with E-state index in [-0.39, 0.29) is 11.5 Å². The van der Waals surface area contributed by atoms with Gasteiger partial charge in [0.2, 0.25) is 0 Å². The molecule has 7 heteroatoms. The maximum atomic E-state index is 11.6. The Hall–Kier alpha value is -2.83. The molecule has 0 radical (unpaired) electrons. The summed E-state index contributed by atoms with van der Waals surface area (Å²) >= 11 is 0. The van der Waals surface area contributed by atoms with Crippen LogP contribution in [0.2, 0.25) is 0 Å². The van der Waals surface area contributed by atoms with E-state index in [1.54, 1.807) is 12.1 Å². The zero-order valence-corrected chi connectivity index (χ0v) is 11.0. The molecule has 20 heavy (non-hydrogen) atoms. The van der Waals surface area contributed by atoms with E-state index in [9.17, 15) is 15.0 Å². The van der Waals surface area contributed by atoms with Gasteiger partial charge in [-0.3, -0.25) is 0 Å². The van der Waals surface area contributed by atoms with Gasteiger partial charge in [-0.05, 0) is 43.7 Å². The number of hydrogen-bond acceptors (Lipinski definition) is 5. The molecule has 1 aromatic heterocycles. The first-order valence-corrected chi connectivity index (χ1v) is 5.86. The second-order valence-electron chi connectivity index (χ2n) is 4.41. The molecule has 7 nitrogen and oxygen atoms in total. The lowest BCUT2D eigenvalue weighted by Gasteiger charge is -1.98. The van der Waals surface area contributed by atoms with Crippen LogP contribution in [-0.4, -0.2) is 31.3 Å². The Morgan fingerprint density at radius 3 is 2.75 bits per heavy atom. The van der Waals surface area contributed by atoms with Crippen LogP contribution in [0.4, 0.5) is 0 Å². The van der Waals surface area contributed by atoms with Crippen molar-refractivity contribution < 1.29 is 10.2 Å². The molecule has 1 aromatic carbocycles. The molecule has 104 valence electrons. The van der Waals surface area contributed by atoms with Gasteiger partial charge >= 0.3 is 5.69 Å². The number of nitrogens with one attached hydrogen (secondary N) is 1. The van der Waals surface area contributed by atoms with Crippen LogP contribution in [0.15, 0.2) is 33.7 Å². The molecule has 0 amide bonds. The number of H-pyrrole nitrogens is 1. The number of phenolic OH excluding ortho intramolecular Hbond substituents is 2. The summed E-state index contributed by atoms with van der Waals surface area (Å²) in [4.78, 5) is 11.6. The molecule has 0 fully saturated rings. The van der Waals surface area contributed by atoms with Crippen molar-refractivity contribution in [2.45, 2.75) is 13.8 Å². The molecule has 1 heterocycles. The van der Waals surface area contributed by atoms with Gasteiger partial charge in [-0.1, -0.05) is 5.57 Å². The molecule has 0 saturated heterocycles. The van der Waals surface area contributed by atoms with Crippen molar-refractivity contribution in [3.63, 3.8) is 0 Å². The van der Waals surface area contributed by atoms with Crippen LogP contribution in [0, 0.1) is 0 Å². The summed E-state index contributed by atoms with van der Waals surface area (Å²) in [7, 11) is 0. The van der Waals surface area contributed by atoms with Gasteiger partial charge in [0.05, 0.1) is 6.21 Å². The predicted molar refractivity (Wildman–Crippen MR) is 74.9 cm³/mol. The van der Waals surface area contributed by atoms with Gasteiger partial charge in [0, 0.05) is 0 Å². The maximum absolute atomic E-state index is 11.6. The Bertz CT molecular complexity index is 736. The molecule has 0 aliphatic heterocycles. The Kier molecular flexibility index (Phi) is 3.69. The van der Waals surface area contributed by atoms with E-state index in [4.69, 9.17) is 0 Å². The van der Waals surface area contributed by atoms with Crippen LogP contribution in [0.25, 0.3) is 6.08 Å². The van der Waals surface area contributed by atoms with Crippen molar-refractivity contribution in [1.82, 2.24) is 14.9 Å². The van der Waals surface area contributed by atoms with Crippen molar-refractivity contribution in [2.24, 2.45) is 5.10 Å². The van der Waals surface area contributed by atoms with Crippen molar-refractivity contribution in [2.75, 3.05) is 0 Å². The topological polar surface area (TPSA) is 104 Å². The fraction of sp³-hybridized carbons (Fsp3) is 0.154. The SMILES string of the molecule is CC(C)=Cc1n[nH]c(=O)n1/N=C/c1ccc(O)c(O)c1. The lowest BCUT2D eigenvalue weighted by Crippen LogP contribution is -2.13. The summed E-state index contributed by atoms with van der Waals surface area (Å²) in [6.45, 7) is 3.76.